The van der Waals surface area contributed by atoms with Gasteiger partial charge in [0.1, 0.15) is 11.2 Å². The van der Waals surface area contributed by atoms with E-state index in [2.05, 4.69) is 9.97 Å². The lowest BCUT2D eigenvalue weighted by molar-refractivity contribution is 0.345. The Morgan fingerprint density at radius 1 is 1.16 bits per heavy atom. The molecule has 1 aliphatic carbocycles. The van der Waals surface area contributed by atoms with Crippen molar-refractivity contribution in [1.29, 1.82) is 0 Å². The van der Waals surface area contributed by atoms with Crippen LogP contribution in [-0.2, 0) is 7.05 Å². The number of rotatable bonds is 1. The predicted octanol–water partition coefficient (Wildman–Crippen LogP) is 1.59. The van der Waals surface area contributed by atoms with E-state index in [1.165, 1.54) is 13.5 Å². The lowest BCUT2D eigenvalue weighted by Gasteiger charge is -2.24. The molecular weight excluding hydrogens is 264 g/mol. The fraction of sp³-hybridized carbons (Fsp3) is 0.583. The number of H-pyrrole nitrogens is 2. The summed E-state index contributed by atoms with van der Waals surface area (Å²) >= 11 is 5.05. The smallest absolute Gasteiger partial charge is 0.325 e. The third-order valence-corrected chi connectivity index (χ3v) is 4.10. The van der Waals surface area contributed by atoms with Crippen LogP contribution in [0, 0.1) is 4.77 Å². The molecule has 7 heteroatoms. The highest BCUT2D eigenvalue weighted by Crippen LogP contribution is 2.28. The molecule has 0 amide bonds. The molecule has 2 aromatic rings. The minimum atomic E-state index is -0.334. The van der Waals surface area contributed by atoms with E-state index >= 15 is 0 Å². The minimum Gasteiger partial charge on any atom is -0.325 e. The molecule has 0 aliphatic heterocycles. The highest BCUT2D eigenvalue weighted by Gasteiger charge is 2.22. The van der Waals surface area contributed by atoms with Gasteiger partial charge < -0.3 is 9.97 Å². The maximum absolute atomic E-state index is 12.4. The zero-order valence-corrected chi connectivity index (χ0v) is 11.5. The summed E-state index contributed by atoms with van der Waals surface area (Å²) in [6, 6.07) is 0.150. The number of aromatic amines is 2. The molecule has 0 saturated heterocycles. The molecular formula is C12H16N4O2S. The molecule has 0 aromatic carbocycles. The van der Waals surface area contributed by atoms with Gasteiger partial charge in [-0.05, 0) is 25.1 Å². The van der Waals surface area contributed by atoms with E-state index in [9.17, 15) is 9.59 Å². The highest BCUT2D eigenvalue weighted by molar-refractivity contribution is 7.71. The average molecular weight is 280 g/mol. The fourth-order valence-corrected chi connectivity index (χ4v) is 3.10. The number of nitrogens with one attached hydrogen (secondary N) is 2. The van der Waals surface area contributed by atoms with Gasteiger partial charge in [0, 0.05) is 13.1 Å². The van der Waals surface area contributed by atoms with Gasteiger partial charge in [-0.25, -0.2) is 4.79 Å². The van der Waals surface area contributed by atoms with Crippen LogP contribution in [0.2, 0.25) is 0 Å². The van der Waals surface area contributed by atoms with Gasteiger partial charge in [-0.3, -0.25) is 13.9 Å². The van der Waals surface area contributed by atoms with Gasteiger partial charge in [0.2, 0.25) is 0 Å². The molecule has 0 unspecified atom stereocenters. The van der Waals surface area contributed by atoms with Crippen LogP contribution in [-0.4, -0.2) is 19.1 Å². The van der Waals surface area contributed by atoms with Crippen LogP contribution in [0.15, 0.2) is 9.59 Å². The minimum absolute atomic E-state index is 0.150. The van der Waals surface area contributed by atoms with Gasteiger partial charge in [0.15, 0.2) is 4.77 Å². The first-order valence-electron chi connectivity index (χ1n) is 6.53. The van der Waals surface area contributed by atoms with Crippen LogP contribution < -0.4 is 11.2 Å². The lowest BCUT2D eigenvalue weighted by Crippen LogP contribution is -2.40. The second kappa shape index (κ2) is 4.48. The number of nitrogens with zero attached hydrogens (tertiary/aromatic N) is 2. The number of imidazole rings is 1. The van der Waals surface area contributed by atoms with Crippen molar-refractivity contribution in [2.45, 2.75) is 38.1 Å². The first kappa shape index (κ1) is 12.4. The Morgan fingerprint density at radius 3 is 2.53 bits per heavy atom. The van der Waals surface area contributed by atoms with E-state index in [1.54, 1.807) is 4.57 Å². The van der Waals surface area contributed by atoms with Gasteiger partial charge in [-0.2, -0.15) is 0 Å². The van der Waals surface area contributed by atoms with Crippen molar-refractivity contribution in [3.05, 3.63) is 25.6 Å². The van der Waals surface area contributed by atoms with Crippen LogP contribution in [0.3, 0.4) is 0 Å². The standard InChI is InChI=1S/C12H16N4O2S/c1-15-10(17)8-9(14-11(19)13-8)16(12(15)18)7-5-3-2-4-6-7/h7H,2-6H2,1H3,(H2,13,14,19). The summed E-state index contributed by atoms with van der Waals surface area (Å²) in [6.45, 7) is 0. The summed E-state index contributed by atoms with van der Waals surface area (Å²) in [4.78, 5) is 30.2. The van der Waals surface area contributed by atoms with Crippen LogP contribution in [0.25, 0.3) is 11.2 Å². The van der Waals surface area contributed by atoms with E-state index in [4.69, 9.17) is 12.2 Å². The van der Waals surface area contributed by atoms with Gasteiger partial charge in [0.05, 0.1) is 0 Å². The van der Waals surface area contributed by atoms with Crippen LogP contribution in [0.5, 0.6) is 0 Å². The van der Waals surface area contributed by atoms with E-state index in [0.717, 1.165) is 30.3 Å². The Labute approximate surface area is 114 Å². The van der Waals surface area contributed by atoms with E-state index in [-0.39, 0.29) is 17.3 Å². The summed E-state index contributed by atoms with van der Waals surface area (Å²) in [5, 5.41) is 0. The van der Waals surface area contributed by atoms with Crippen molar-refractivity contribution in [3.63, 3.8) is 0 Å². The van der Waals surface area contributed by atoms with Gasteiger partial charge in [-0.15, -0.1) is 0 Å². The normalized spacial score (nSPS) is 17.1. The van der Waals surface area contributed by atoms with Gasteiger partial charge in [-0.1, -0.05) is 19.3 Å². The summed E-state index contributed by atoms with van der Waals surface area (Å²) < 4.78 is 3.22. The van der Waals surface area contributed by atoms with Crippen molar-refractivity contribution < 1.29 is 0 Å². The van der Waals surface area contributed by atoms with Crippen LogP contribution >= 0.6 is 12.2 Å². The van der Waals surface area contributed by atoms with Crippen LogP contribution in [0.1, 0.15) is 38.1 Å². The number of aromatic nitrogens is 4. The monoisotopic (exact) mass is 280 g/mol. The Balaban J connectivity index is 2.36. The Kier molecular flexibility index (Phi) is 2.93. The molecule has 1 aliphatic rings. The van der Waals surface area contributed by atoms with Crippen molar-refractivity contribution in [2.24, 2.45) is 7.05 Å². The zero-order chi connectivity index (χ0) is 13.6. The maximum atomic E-state index is 12.4. The summed E-state index contributed by atoms with van der Waals surface area (Å²) in [6.07, 6.45) is 5.39. The van der Waals surface area contributed by atoms with Crippen LogP contribution in [0.4, 0.5) is 0 Å². The first-order chi connectivity index (χ1) is 9.09. The van der Waals surface area contributed by atoms with E-state index < -0.39 is 0 Å². The summed E-state index contributed by atoms with van der Waals surface area (Å²) in [7, 11) is 1.51. The largest absolute Gasteiger partial charge is 0.332 e. The average Bonchev–Trinajstić information content (AvgIpc) is 2.79. The van der Waals surface area contributed by atoms with E-state index in [1.807, 2.05) is 0 Å². The molecule has 0 bridgehead atoms. The van der Waals surface area contributed by atoms with Gasteiger partial charge in [0.25, 0.3) is 5.56 Å². The second-order valence-corrected chi connectivity index (χ2v) is 5.52. The molecule has 0 atom stereocenters. The third kappa shape index (κ3) is 1.88. The molecule has 6 nitrogen and oxygen atoms in total. The number of fused-ring (bicyclic) bond motifs is 1. The lowest BCUT2D eigenvalue weighted by atomic mass is 9.95. The molecule has 0 radical (unpaired) electrons. The Morgan fingerprint density at radius 2 is 1.84 bits per heavy atom. The molecule has 19 heavy (non-hydrogen) atoms. The molecule has 102 valence electrons. The molecule has 2 aromatic heterocycles. The van der Waals surface area contributed by atoms with Gasteiger partial charge >= 0.3 is 5.69 Å². The zero-order valence-electron chi connectivity index (χ0n) is 10.7. The molecule has 1 saturated carbocycles. The molecule has 0 spiro atoms. The SMILES string of the molecule is Cn1c(=O)c2[nH]c(=S)[nH]c2n(C2CCCCC2)c1=O. The van der Waals surface area contributed by atoms with E-state index in [0.29, 0.717) is 15.9 Å². The van der Waals surface area contributed by atoms with Crippen molar-refractivity contribution >= 4 is 23.4 Å². The number of hydrogen-bond acceptors (Lipinski definition) is 3. The predicted molar refractivity (Wildman–Crippen MR) is 75.1 cm³/mol. The summed E-state index contributed by atoms with van der Waals surface area (Å²) in [5.74, 6) is 0. The quantitative estimate of drug-likeness (QED) is 0.779. The molecule has 2 heterocycles. The molecule has 3 rings (SSSR count). The second-order valence-electron chi connectivity index (χ2n) is 5.11. The molecule has 1 fully saturated rings. The van der Waals surface area contributed by atoms with Crippen molar-refractivity contribution in [2.75, 3.05) is 0 Å². The van der Waals surface area contributed by atoms with Crippen molar-refractivity contribution in [3.8, 4) is 0 Å². The fourth-order valence-electron chi connectivity index (χ4n) is 2.90. The Hall–Kier alpha value is -1.63. The maximum Gasteiger partial charge on any atom is 0.332 e. The Bertz CT molecular complexity index is 789. The number of hydrogen-bond donors (Lipinski definition) is 2. The van der Waals surface area contributed by atoms with Crippen molar-refractivity contribution in [1.82, 2.24) is 19.1 Å². The highest BCUT2D eigenvalue weighted by atomic mass is 32.1. The topological polar surface area (TPSA) is 75.6 Å². The summed E-state index contributed by atoms with van der Waals surface area (Å²) in [5.41, 5.74) is 0.316. The third-order valence-electron chi connectivity index (χ3n) is 3.90. The first-order valence-corrected chi connectivity index (χ1v) is 6.94. The molecule has 2 N–H and O–H groups in total.